The Labute approximate surface area is 170 Å². The van der Waals surface area contributed by atoms with Crippen LogP contribution in [0.2, 0.25) is 0 Å². The summed E-state index contributed by atoms with van der Waals surface area (Å²) < 4.78 is 7.15. The molecule has 1 aliphatic heterocycles. The minimum absolute atomic E-state index is 0.0408. The quantitative estimate of drug-likeness (QED) is 0.556. The highest BCUT2D eigenvalue weighted by Crippen LogP contribution is 2.27. The van der Waals surface area contributed by atoms with Gasteiger partial charge in [-0.05, 0) is 50.6 Å². The summed E-state index contributed by atoms with van der Waals surface area (Å²) in [5.41, 5.74) is 3.17. The maximum atomic E-state index is 13.2. The summed E-state index contributed by atoms with van der Waals surface area (Å²) in [6, 6.07) is 9.89. The van der Waals surface area contributed by atoms with Gasteiger partial charge in [0.1, 0.15) is 5.57 Å². The number of rotatable bonds is 6. The van der Waals surface area contributed by atoms with Crippen LogP contribution in [0, 0.1) is 13.8 Å². The van der Waals surface area contributed by atoms with E-state index in [1.807, 2.05) is 26.8 Å². The molecule has 1 fully saturated rings. The van der Waals surface area contributed by atoms with Gasteiger partial charge >= 0.3 is 6.03 Å². The summed E-state index contributed by atoms with van der Waals surface area (Å²) >= 11 is 0. The Bertz CT molecular complexity index is 975. The number of carbonyl (C=O) groups excluding carboxylic acids is 3. The summed E-state index contributed by atoms with van der Waals surface area (Å²) in [7, 11) is 1.50. The summed E-state index contributed by atoms with van der Waals surface area (Å²) in [6.07, 6.45) is 1.58. The lowest BCUT2D eigenvalue weighted by atomic mass is 10.1. The number of methoxy groups -OCH3 is 1. The largest absolute Gasteiger partial charge is 0.383 e. The average molecular weight is 395 g/mol. The molecule has 0 saturated carbocycles. The van der Waals surface area contributed by atoms with Crippen molar-refractivity contribution in [2.24, 2.45) is 0 Å². The predicted octanol–water partition coefficient (Wildman–Crippen LogP) is 3.15. The van der Waals surface area contributed by atoms with Crippen LogP contribution >= 0.6 is 0 Å². The summed E-state index contributed by atoms with van der Waals surface area (Å²) in [4.78, 5) is 41.3. The maximum absolute atomic E-state index is 13.2. The summed E-state index contributed by atoms with van der Waals surface area (Å²) in [6.45, 7) is 7.01. The molecule has 2 heterocycles. The molecule has 29 heavy (non-hydrogen) atoms. The zero-order valence-corrected chi connectivity index (χ0v) is 17.1. The van der Waals surface area contributed by atoms with Crippen LogP contribution in [0.5, 0.6) is 0 Å². The number of barbiturate groups is 1. The Morgan fingerprint density at radius 2 is 1.72 bits per heavy atom. The van der Waals surface area contributed by atoms with Gasteiger partial charge in [-0.3, -0.25) is 14.5 Å². The number of nitrogens with zero attached hydrogens (tertiary/aromatic N) is 3. The number of hydrogen-bond donors (Lipinski definition) is 0. The Morgan fingerprint density at radius 3 is 2.31 bits per heavy atom. The van der Waals surface area contributed by atoms with Gasteiger partial charge in [-0.1, -0.05) is 18.2 Å². The number of anilines is 1. The highest BCUT2D eigenvalue weighted by molar-refractivity contribution is 6.39. The Kier molecular flexibility index (Phi) is 5.98. The van der Waals surface area contributed by atoms with E-state index in [9.17, 15) is 14.4 Å². The molecule has 152 valence electrons. The van der Waals surface area contributed by atoms with E-state index in [0.29, 0.717) is 5.69 Å². The molecule has 0 aliphatic carbocycles. The highest BCUT2D eigenvalue weighted by atomic mass is 16.5. The van der Waals surface area contributed by atoms with Crippen molar-refractivity contribution in [3.63, 3.8) is 0 Å². The molecule has 0 radical (unpaired) electrons. The van der Waals surface area contributed by atoms with Crippen molar-refractivity contribution in [1.29, 1.82) is 0 Å². The minimum Gasteiger partial charge on any atom is -0.383 e. The van der Waals surface area contributed by atoms with Crippen LogP contribution in [-0.2, 0) is 20.9 Å². The van der Waals surface area contributed by atoms with Crippen LogP contribution in [0.25, 0.3) is 6.08 Å². The van der Waals surface area contributed by atoms with Crippen LogP contribution in [0.15, 0.2) is 42.0 Å². The van der Waals surface area contributed by atoms with Gasteiger partial charge < -0.3 is 9.30 Å². The molecular formula is C22H25N3O4. The Morgan fingerprint density at radius 1 is 1.03 bits per heavy atom. The zero-order chi connectivity index (χ0) is 21.1. The summed E-state index contributed by atoms with van der Waals surface area (Å²) in [5.74, 6) is -1.23. The molecule has 1 aromatic heterocycles. The van der Waals surface area contributed by atoms with Gasteiger partial charge in [0.05, 0.1) is 18.8 Å². The first-order valence-electron chi connectivity index (χ1n) is 9.53. The first kappa shape index (κ1) is 20.5. The minimum atomic E-state index is -0.667. The summed E-state index contributed by atoms with van der Waals surface area (Å²) in [5, 5.41) is 0. The monoisotopic (exact) mass is 395 g/mol. The highest BCUT2D eigenvalue weighted by Gasteiger charge is 2.42. The number of benzene rings is 1. The second-order valence-electron chi connectivity index (χ2n) is 6.84. The van der Waals surface area contributed by atoms with Crippen molar-refractivity contribution < 1.29 is 19.1 Å². The van der Waals surface area contributed by atoms with Crippen molar-refractivity contribution >= 4 is 29.6 Å². The lowest BCUT2D eigenvalue weighted by Gasteiger charge is -2.33. The molecule has 3 rings (SSSR count). The number of imide groups is 2. The SMILES string of the molecule is CCn1c(C)cc(/C=C2/C(=O)N(CCOC)C(=O)N(c3ccccc3)C2=O)c1C. The molecule has 0 unspecified atom stereocenters. The van der Waals surface area contributed by atoms with Crippen LogP contribution in [0.4, 0.5) is 10.5 Å². The zero-order valence-electron chi connectivity index (χ0n) is 17.1. The van der Waals surface area contributed by atoms with Gasteiger partial charge in [0.2, 0.25) is 0 Å². The second-order valence-corrected chi connectivity index (χ2v) is 6.84. The van der Waals surface area contributed by atoms with Crippen molar-refractivity contribution in [3.8, 4) is 0 Å². The number of carbonyl (C=O) groups is 3. The molecule has 1 aliphatic rings. The standard InChI is InChI=1S/C22H25N3O4/c1-5-23-15(2)13-17(16(23)3)14-19-20(26)24(11-12-29-4)22(28)25(21(19)27)18-9-7-6-8-10-18/h6-10,13-14H,5,11-12H2,1-4H3/b19-14-. The number of hydrogen-bond acceptors (Lipinski definition) is 4. The number of ether oxygens (including phenoxy) is 1. The molecule has 4 amide bonds. The van der Waals surface area contributed by atoms with E-state index in [-0.39, 0.29) is 18.7 Å². The molecule has 7 nitrogen and oxygen atoms in total. The molecule has 7 heteroatoms. The molecule has 1 saturated heterocycles. The normalized spacial score (nSPS) is 16.3. The second kappa shape index (κ2) is 8.45. The van der Waals surface area contributed by atoms with E-state index in [1.54, 1.807) is 36.4 Å². The van der Waals surface area contributed by atoms with Gasteiger partial charge in [-0.15, -0.1) is 0 Å². The van der Waals surface area contributed by atoms with Crippen molar-refractivity contribution in [3.05, 3.63) is 58.9 Å². The number of amides is 4. The fourth-order valence-electron chi connectivity index (χ4n) is 3.58. The van der Waals surface area contributed by atoms with E-state index < -0.39 is 17.8 Å². The van der Waals surface area contributed by atoms with Crippen LogP contribution in [-0.4, -0.2) is 47.6 Å². The molecule has 2 aromatic rings. The van der Waals surface area contributed by atoms with Crippen molar-refractivity contribution in [1.82, 2.24) is 9.47 Å². The lowest BCUT2D eigenvalue weighted by molar-refractivity contribution is -0.129. The Hall–Kier alpha value is -3.19. The van der Waals surface area contributed by atoms with E-state index in [1.165, 1.54) is 7.11 Å². The average Bonchev–Trinajstić information content (AvgIpc) is 2.98. The van der Waals surface area contributed by atoms with E-state index in [0.717, 1.165) is 33.3 Å². The number of aromatic nitrogens is 1. The van der Waals surface area contributed by atoms with Gasteiger partial charge in [-0.2, -0.15) is 0 Å². The molecule has 0 N–H and O–H groups in total. The fraction of sp³-hybridized carbons (Fsp3) is 0.318. The first-order chi connectivity index (χ1) is 13.9. The van der Waals surface area contributed by atoms with Gasteiger partial charge in [0.25, 0.3) is 11.8 Å². The van der Waals surface area contributed by atoms with Crippen LogP contribution in [0.1, 0.15) is 23.9 Å². The number of urea groups is 1. The van der Waals surface area contributed by atoms with E-state index in [4.69, 9.17) is 4.74 Å². The molecule has 0 atom stereocenters. The van der Waals surface area contributed by atoms with Gasteiger partial charge in [0.15, 0.2) is 0 Å². The third-order valence-electron chi connectivity index (χ3n) is 5.09. The van der Waals surface area contributed by atoms with Crippen molar-refractivity contribution in [2.75, 3.05) is 25.2 Å². The Balaban J connectivity index is 2.10. The third kappa shape index (κ3) is 3.73. The molecular weight excluding hydrogens is 370 g/mol. The lowest BCUT2D eigenvalue weighted by Crippen LogP contribution is -2.57. The molecule has 0 bridgehead atoms. The van der Waals surface area contributed by atoms with E-state index >= 15 is 0 Å². The van der Waals surface area contributed by atoms with Crippen LogP contribution < -0.4 is 4.90 Å². The first-order valence-corrected chi connectivity index (χ1v) is 9.53. The number of para-hydroxylation sites is 1. The smallest absolute Gasteiger partial charge is 0.338 e. The van der Waals surface area contributed by atoms with E-state index in [2.05, 4.69) is 4.57 Å². The van der Waals surface area contributed by atoms with Gasteiger partial charge in [-0.25, -0.2) is 9.69 Å². The predicted molar refractivity (Wildman–Crippen MR) is 110 cm³/mol. The van der Waals surface area contributed by atoms with Gasteiger partial charge in [0, 0.05) is 25.0 Å². The topological polar surface area (TPSA) is 71.8 Å². The maximum Gasteiger partial charge on any atom is 0.338 e. The van der Waals surface area contributed by atoms with Crippen molar-refractivity contribution in [2.45, 2.75) is 27.3 Å². The third-order valence-corrected chi connectivity index (χ3v) is 5.09. The van der Waals surface area contributed by atoms with Crippen LogP contribution in [0.3, 0.4) is 0 Å². The number of aryl methyl sites for hydroxylation is 1. The molecule has 0 spiro atoms. The molecule has 1 aromatic carbocycles. The fourth-order valence-corrected chi connectivity index (χ4v) is 3.58.